The summed E-state index contributed by atoms with van der Waals surface area (Å²) < 4.78 is 5.48. The van der Waals surface area contributed by atoms with Crippen LogP contribution in [0.1, 0.15) is 386 Å². The topological polar surface area (TPSA) is 95.9 Å². The number of carbonyl (C=O) groups is 2. The molecular formula is C70H135NO5. The molecule has 0 fully saturated rings. The summed E-state index contributed by atoms with van der Waals surface area (Å²) in [4.78, 5) is 24.6. The first kappa shape index (κ1) is 74.3. The molecule has 0 aliphatic rings. The molecule has 0 aliphatic carbocycles. The van der Waals surface area contributed by atoms with E-state index in [1.165, 1.54) is 308 Å². The molecule has 0 heterocycles. The lowest BCUT2D eigenvalue weighted by molar-refractivity contribution is -0.143. The average Bonchev–Trinajstić information content (AvgIpc) is 3.42. The van der Waals surface area contributed by atoms with E-state index in [4.69, 9.17) is 4.74 Å². The second-order valence-corrected chi connectivity index (χ2v) is 23.9. The quantitative estimate of drug-likeness (QED) is 0.0320. The molecule has 0 aliphatic heterocycles. The van der Waals surface area contributed by atoms with E-state index in [0.717, 1.165) is 44.9 Å². The molecule has 76 heavy (non-hydrogen) atoms. The van der Waals surface area contributed by atoms with E-state index in [1.54, 1.807) is 0 Å². The molecule has 0 spiro atoms. The summed E-state index contributed by atoms with van der Waals surface area (Å²) in [5, 5.41) is 23.4. The third-order valence-electron chi connectivity index (χ3n) is 16.2. The summed E-state index contributed by atoms with van der Waals surface area (Å²) in [5.74, 6) is -0.0373. The molecular weight excluding hydrogens is 935 g/mol. The van der Waals surface area contributed by atoms with Crippen molar-refractivity contribution < 1.29 is 24.5 Å². The first-order valence-electron chi connectivity index (χ1n) is 34.6. The average molecular weight is 1070 g/mol. The van der Waals surface area contributed by atoms with Crippen LogP contribution in [0.15, 0.2) is 24.3 Å². The standard InChI is InChI=1S/C70H135NO5/c1-3-5-7-9-11-13-15-17-19-20-21-22-23-25-28-31-35-38-42-46-50-54-58-62-68(73)67(66-72)71-69(74)63-59-55-51-47-43-39-36-32-29-26-24-27-30-33-37-41-45-49-53-57-61-65-76-70(75)64-60-56-52-48-44-40-34-18-16-14-12-10-8-6-4-2/h18,26,29,34,67-68,72-73H,3-17,19-25,27-28,30-33,35-66H2,1-2H3,(H,71,74)/b29-26-,34-18-. The third-order valence-corrected chi connectivity index (χ3v) is 16.2. The van der Waals surface area contributed by atoms with Crippen LogP contribution in [0.3, 0.4) is 0 Å². The number of allylic oxidation sites excluding steroid dienone is 4. The van der Waals surface area contributed by atoms with E-state index in [-0.39, 0.29) is 18.5 Å². The van der Waals surface area contributed by atoms with Crippen LogP contribution in [0.5, 0.6) is 0 Å². The van der Waals surface area contributed by atoms with Crippen LogP contribution in [-0.2, 0) is 14.3 Å². The van der Waals surface area contributed by atoms with Gasteiger partial charge in [0.1, 0.15) is 0 Å². The Bertz CT molecular complexity index is 1190. The Morgan fingerprint density at radius 1 is 0.355 bits per heavy atom. The fourth-order valence-electron chi connectivity index (χ4n) is 10.9. The molecule has 6 nitrogen and oxygen atoms in total. The van der Waals surface area contributed by atoms with Crippen molar-refractivity contribution in [2.45, 2.75) is 398 Å². The van der Waals surface area contributed by atoms with E-state index in [2.05, 4.69) is 43.5 Å². The normalized spacial score (nSPS) is 12.6. The van der Waals surface area contributed by atoms with Crippen LogP contribution < -0.4 is 5.32 Å². The van der Waals surface area contributed by atoms with Crippen LogP contribution in [0.2, 0.25) is 0 Å². The Hall–Kier alpha value is -1.66. The molecule has 0 aromatic rings. The maximum atomic E-state index is 12.5. The summed E-state index contributed by atoms with van der Waals surface area (Å²) in [5.41, 5.74) is 0. The Morgan fingerprint density at radius 2 is 0.618 bits per heavy atom. The highest BCUT2D eigenvalue weighted by atomic mass is 16.5. The predicted octanol–water partition coefficient (Wildman–Crippen LogP) is 22.1. The van der Waals surface area contributed by atoms with Gasteiger partial charge in [-0.3, -0.25) is 9.59 Å². The molecule has 2 unspecified atom stereocenters. The Labute approximate surface area is 475 Å². The summed E-state index contributed by atoms with van der Waals surface area (Å²) in [7, 11) is 0. The van der Waals surface area contributed by atoms with Crippen LogP contribution in [-0.4, -0.2) is 47.4 Å². The van der Waals surface area contributed by atoms with E-state index < -0.39 is 12.1 Å². The Morgan fingerprint density at radius 3 is 0.934 bits per heavy atom. The molecule has 3 N–H and O–H groups in total. The monoisotopic (exact) mass is 1070 g/mol. The number of hydrogen-bond acceptors (Lipinski definition) is 5. The number of rotatable bonds is 65. The van der Waals surface area contributed by atoms with Gasteiger partial charge in [-0.05, 0) is 77.0 Å². The summed E-state index contributed by atoms with van der Waals surface area (Å²) in [6, 6.07) is -0.549. The van der Waals surface area contributed by atoms with Crippen molar-refractivity contribution in [3.63, 3.8) is 0 Å². The van der Waals surface area contributed by atoms with Crippen LogP contribution >= 0.6 is 0 Å². The van der Waals surface area contributed by atoms with Crippen molar-refractivity contribution in [1.29, 1.82) is 0 Å². The SMILES string of the molecule is CCCCCCCC/C=C\CCCCCCCC(=O)OCCCCCCCCCCCC/C=C\CCCCCCCCCC(=O)NC(CO)C(O)CCCCCCCCCCCCCCCCCCCCCCCCC. The zero-order valence-electron chi connectivity index (χ0n) is 51.5. The number of ether oxygens (including phenoxy) is 1. The van der Waals surface area contributed by atoms with Gasteiger partial charge >= 0.3 is 5.97 Å². The van der Waals surface area contributed by atoms with Gasteiger partial charge in [-0.2, -0.15) is 0 Å². The van der Waals surface area contributed by atoms with Gasteiger partial charge in [0.2, 0.25) is 5.91 Å². The zero-order chi connectivity index (χ0) is 55.0. The Kier molecular flexibility index (Phi) is 64.4. The van der Waals surface area contributed by atoms with Gasteiger partial charge < -0.3 is 20.3 Å². The molecule has 0 aromatic heterocycles. The molecule has 0 radical (unpaired) electrons. The first-order chi connectivity index (χ1) is 37.5. The van der Waals surface area contributed by atoms with E-state index >= 15 is 0 Å². The number of nitrogens with one attached hydrogen (secondary N) is 1. The molecule has 450 valence electrons. The lowest BCUT2D eigenvalue weighted by Gasteiger charge is -2.22. The van der Waals surface area contributed by atoms with Gasteiger partial charge in [0, 0.05) is 12.8 Å². The third kappa shape index (κ3) is 61.6. The number of unbranched alkanes of at least 4 members (excludes halogenated alkanes) is 50. The summed E-state index contributed by atoms with van der Waals surface area (Å²) >= 11 is 0. The number of aliphatic hydroxyl groups excluding tert-OH is 2. The fourth-order valence-corrected chi connectivity index (χ4v) is 10.9. The molecule has 0 bridgehead atoms. The van der Waals surface area contributed by atoms with E-state index in [0.29, 0.717) is 25.9 Å². The van der Waals surface area contributed by atoms with E-state index in [1.807, 2.05) is 0 Å². The zero-order valence-corrected chi connectivity index (χ0v) is 51.5. The molecule has 0 aromatic carbocycles. The van der Waals surface area contributed by atoms with E-state index in [9.17, 15) is 19.8 Å². The first-order valence-corrected chi connectivity index (χ1v) is 34.6. The van der Waals surface area contributed by atoms with Crippen molar-refractivity contribution in [1.82, 2.24) is 5.32 Å². The van der Waals surface area contributed by atoms with Gasteiger partial charge in [-0.25, -0.2) is 0 Å². The second-order valence-electron chi connectivity index (χ2n) is 23.9. The van der Waals surface area contributed by atoms with Crippen molar-refractivity contribution >= 4 is 11.9 Å². The highest BCUT2D eigenvalue weighted by Gasteiger charge is 2.20. The second kappa shape index (κ2) is 65.9. The minimum absolute atomic E-state index is 0.00123. The highest BCUT2D eigenvalue weighted by molar-refractivity contribution is 5.76. The van der Waals surface area contributed by atoms with Crippen molar-refractivity contribution in [2.24, 2.45) is 0 Å². The smallest absolute Gasteiger partial charge is 0.305 e. The van der Waals surface area contributed by atoms with Gasteiger partial charge in [-0.1, -0.05) is 321 Å². The van der Waals surface area contributed by atoms with Gasteiger partial charge in [0.25, 0.3) is 0 Å². The van der Waals surface area contributed by atoms with Crippen molar-refractivity contribution in [2.75, 3.05) is 13.2 Å². The van der Waals surface area contributed by atoms with Gasteiger partial charge in [0.05, 0.1) is 25.4 Å². The minimum Gasteiger partial charge on any atom is -0.466 e. The highest BCUT2D eigenvalue weighted by Crippen LogP contribution is 2.18. The van der Waals surface area contributed by atoms with Crippen LogP contribution in [0, 0.1) is 0 Å². The predicted molar refractivity (Wildman–Crippen MR) is 333 cm³/mol. The van der Waals surface area contributed by atoms with Crippen LogP contribution in [0.25, 0.3) is 0 Å². The summed E-state index contributed by atoms with van der Waals surface area (Å²) in [6.45, 7) is 4.97. The molecule has 2 atom stereocenters. The number of hydrogen-bond donors (Lipinski definition) is 3. The molecule has 0 rings (SSSR count). The number of amides is 1. The lowest BCUT2D eigenvalue weighted by atomic mass is 10.0. The summed E-state index contributed by atoms with van der Waals surface area (Å²) in [6.07, 6.45) is 82.1. The maximum Gasteiger partial charge on any atom is 0.305 e. The van der Waals surface area contributed by atoms with Crippen molar-refractivity contribution in [3.05, 3.63) is 24.3 Å². The molecule has 6 heteroatoms. The molecule has 1 amide bonds. The number of aliphatic hydroxyl groups is 2. The van der Waals surface area contributed by atoms with Gasteiger partial charge in [-0.15, -0.1) is 0 Å². The molecule has 0 saturated heterocycles. The lowest BCUT2D eigenvalue weighted by Crippen LogP contribution is -2.45. The number of esters is 1. The van der Waals surface area contributed by atoms with Gasteiger partial charge in [0.15, 0.2) is 0 Å². The van der Waals surface area contributed by atoms with Crippen LogP contribution in [0.4, 0.5) is 0 Å². The maximum absolute atomic E-state index is 12.5. The van der Waals surface area contributed by atoms with Crippen molar-refractivity contribution in [3.8, 4) is 0 Å². The largest absolute Gasteiger partial charge is 0.466 e. The minimum atomic E-state index is -0.671. The fraction of sp³-hybridized carbons (Fsp3) is 0.914. The number of carbonyl (C=O) groups excluding carboxylic acids is 2. The Balaban J connectivity index is 3.42. The molecule has 0 saturated carbocycles.